The molecule has 3 N–H and O–H groups in total. The summed E-state index contributed by atoms with van der Waals surface area (Å²) < 4.78 is 35.5. The number of nitrogens with zero attached hydrogens (tertiary/aromatic N) is 5. The van der Waals surface area contributed by atoms with Crippen LogP contribution < -0.4 is 16.0 Å². The van der Waals surface area contributed by atoms with E-state index in [4.69, 9.17) is 14.7 Å². The van der Waals surface area contributed by atoms with Gasteiger partial charge in [0.2, 0.25) is 5.95 Å². The Morgan fingerprint density at radius 2 is 1.98 bits per heavy atom. The van der Waals surface area contributed by atoms with Crippen LogP contribution in [0.3, 0.4) is 0 Å². The molecule has 45 heavy (non-hydrogen) atoms. The molecule has 0 radical (unpaired) electrons. The quantitative estimate of drug-likeness (QED) is 0.154. The van der Waals surface area contributed by atoms with Gasteiger partial charge < -0.3 is 25.3 Å². The molecule has 13 heteroatoms. The number of carbonyl (C=O) groups is 1. The van der Waals surface area contributed by atoms with E-state index in [0.717, 1.165) is 98.8 Å². The highest BCUT2D eigenvalue weighted by Crippen LogP contribution is 2.30. The van der Waals surface area contributed by atoms with Gasteiger partial charge in [0, 0.05) is 47.4 Å². The number of hydrogen-bond donors (Lipinski definition) is 3. The van der Waals surface area contributed by atoms with Gasteiger partial charge in [-0.25, -0.2) is 18.7 Å². The fourth-order valence-corrected chi connectivity index (χ4v) is 6.58. The van der Waals surface area contributed by atoms with Gasteiger partial charge in [-0.15, -0.1) is 0 Å². The summed E-state index contributed by atoms with van der Waals surface area (Å²) in [6.07, 6.45) is 4.77. The van der Waals surface area contributed by atoms with Crippen molar-refractivity contribution < 1.29 is 18.3 Å². The third kappa shape index (κ3) is 7.94. The highest BCUT2D eigenvalue weighted by molar-refractivity contribution is 14.1. The lowest BCUT2D eigenvalue weighted by Gasteiger charge is -2.26. The zero-order valence-electron chi connectivity index (χ0n) is 25.0. The summed E-state index contributed by atoms with van der Waals surface area (Å²) in [4.78, 5) is 29.5. The van der Waals surface area contributed by atoms with Crippen molar-refractivity contribution in [3.8, 4) is 11.4 Å². The number of piperidine rings is 1. The smallest absolute Gasteiger partial charge is 0.251 e. The van der Waals surface area contributed by atoms with Crippen LogP contribution in [-0.4, -0.2) is 82.8 Å². The normalized spacial score (nSPS) is 17.4. The molecule has 0 aliphatic carbocycles. The zero-order chi connectivity index (χ0) is 31.2. The van der Waals surface area contributed by atoms with Crippen LogP contribution in [-0.2, 0) is 17.8 Å². The molecule has 2 saturated heterocycles. The van der Waals surface area contributed by atoms with Gasteiger partial charge in [-0.3, -0.25) is 9.69 Å². The molecule has 10 nitrogen and oxygen atoms in total. The van der Waals surface area contributed by atoms with Crippen LogP contribution in [0.5, 0.6) is 0 Å². The topological polar surface area (TPSA) is 109 Å². The Morgan fingerprint density at radius 3 is 2.76 bits per heavy atom. The third-order valence-corrected chi connectivity index (χ3v) is 9.17. The number of halogens is 3. The first-order chi connectivity index (χ1) is 21.9. The first kappa shape index (κ1) is 31.7. The standard InChI is InChI=1S/C32H37F2IN8O2/c33-25-7-4-21(15-26(25)34)18-38-32-39-19-28-30(41-32)43(20-22-3-1-8-36-17-22)29(40-28)24-6-5-23(16-27(24)35)31(44)37-9-2-10-42-11-13-45-14-12-42/h4-7,15-16,19,22,36H,1-3,8-14,17-18,20H2,(H,37,44)(H,38,39,41)/t22-/m1/s1. The molecule has 238 valence electrons. The van der Waals surface area contributed by atoms with Crippen molar-refractivity contribution in [3.05, 3.63) is 68.9 Å². The predicted octanol–water partition coefficient (Wildman–Crippen LogP) is 4.44. The van der Waals surface area contributed by atoms with E-state index in [2.05, 4.69) is 53.0 Å². The first-order valence-corrected chi connectivity index (χ1v) is 16.5. The molecule has 1 atom stereocenters. The highest BCUT2D eigenvalue weighted by Gasteiger charge is 2.22. The van der Waals surface area contributed by atoms with Crippen LogP contribution >= 0.6 is 22.6 Å². The summed E-state index contributed by atoms with van der Waals surface area (Å²) >= 11 is 2.27. The second kappa shape index (κ2) is 14.9. The summed E-state index contributed by atoms with van der Waals surface area (Å²) in [5, 5.41) is 9.68. The molecule has 2 aromatic carbocycles. The van der Waals surface area contributed by atoms with E-state index in [1.54, 1.807) is 6.20 Å². The van der Waals surface area contributed by atoms with Crippen LogP contribution in [0.1, 0.15) is 35.2 Å². The molecule has 0 unspecified atom stereocenters. The molecule has 6 rings (SSSR count). The van der Waals surface area contributed by atoms with E-state index < -0.39 is 11.6 Å². The maximum Gasteiger partial charge on any atom is 0.251 e. The number of hydrogen-bond acceptors (Lipinski definition) is 8. The minimum absolute atomic E-state index is 0.0918. The number of imidazole rings is 1. The molecule has 2 aliphatic rings. The van der Waals surface area contributed by atoms with Crippen LogP contribution in [0, 0.1) is 21.1 Å². The summed E-state index contributed by atoms with van der Waals surface area (Å²) in [5.74, 6) is -0.319. The summed E-state index contributed by atoms with van der Waals surface area (Å²) in [6.45, 7) is 7.87. The Balaban J connectivity index is 1.20. The van der Waals surface area contributed by atoms with Crippen molar-refractivity contribution in [1.82, 2.24) is 35.1 Å². The average molecular weight is 731 g/mol. The second-order valence-corrected chi connectivity index (χ2v) is 12.7. The number of benzene rings is 2. The number of rotatable bonds is 11. The molecule has 2 aromatic heterocycles. The maximum absolute atomic E-state index is 13.7. The summed E-state index contributed by atoms with van der Waals surface area (Å²) in [7, 11) is 0. The minimum Gasteiger partial charge on any atom is -0.379 e. The fourth-order valence-electron chi connectivity index (χ4n) is 5.82. The average Bonchev–Trinajstić information content (AvgIpc) is 3.41. The van der Waals surface area contributed by atoms with Gasteiger partial charge in [0.1, 0.15) is 11.3 Å². The Bertz CT molecular complexity index is 1640. The number of morpholine rings is 1. The first-order valence-electron chi connectivity index (χ1n) is 15.4. The van der Waals surface area contributed by atoms with Gasteiger partial charge in [-0.2, -0.15) is 4.98 Å². The number of nitrogens with one attached hydrogen (secondary N) is 3. The van der Waals surface area contributed by atoms with E-state index in [0.29, 0.717) is 40.7 Å². The van der Waals surface area contributed by atoms with Gasteiger partial charge in [-0.05, 0) is 103 Å². The lowest BCUT2D eigenvalue weighted by Crippen LogP contribution is -2.38. The monoisotopic (exact) mass is 730 g/mol. The van der Waals surface area contributed by atoms with E-state index in [9.17, 15) is 13.6 Å². The van der Waals surface area contributed by atoms with E-state index in [1.807, 2.05) is 18.2 Å². The fraction of sp³-hybridized carbons (Fsp3) is 0.438. The Kier molecular flexibility index (Phi) is 10.5. The minimum atomic E-state index is -0.892. The Hall–Kier alpha value is -3.27. The van der Waals surface area contributed by atoms with Crippen LogP contribution in [0.15, 0.2) is 42.6 Å². The molecule has 0 saturated carbocycles. The summed E-state index contributed by atoms with van der Waals surface area (Å²) in [6, 6.07) is 9.51. The van der Waals surface area contributed by atoms with Crippen molar-refractivity contribution in [3.63, 3.8) is 0 Å². The maximum atomic E-state index is 13.7. The molecule has 0 spiro atoms. The molecule has 2 fully saturated rings. The van der Waals surface area contributed by atoms with Crippen molar-refractivity contribution in [2.24, 2.45) is 5.92 Å². The molecule has 4 aromatic rings. The van der Waals surface area contributed by atoms with Crippen LogP contribution in [0.25, 0.3) is 22.6 Å². The zero-order valence-corrected chi connectivity index (χ0v) is 27.2. The molecular weight excluding hydrogens is 693 g/mol. The van der Waals surface area contributed by atoms with Gasteiger partial charge >= 0.3 is 0 Å². The molecule has 2 aliphatic heterocycles. The van der Waals surface area contributed by atoms with Crippen molar-refractivity contribution in [2.75, 3.05) is 57.8 Å². The lowest BCUT2D eigenvalue weighted by molar-refractivity contribution is 0.0374. The van der Waals surface area contributed by atoms with Gasteiger partial charge in [0.15, 0.2) is 17.3 Å². The van der Waals surface area contributed by atoms with Gasteiger partial charge in [-0.1, -0.05) is 6.07 Å². The number of aromatic nitrogens is 4. The van der Waals surface area contributed by atoms with E-state index >= 15 is 0 Å². The van der Waals surface area contributed by atoms with Gasteiger partial charge in [0.25, 0.3) is 5.91 Å². The number of amides is 1. The third-order valence-electron chi connectivity index (χ3n) is 8.27. The van der Waals surface area contributed by atoms with E-state index in [-0.39, 0.29) is 12.5 Å². The predicted molar refractivity (Wildman–Crippen MR) is 177 cm³/mol. The Morgan fingerprint density at radius 1 is 1.11 bits per heavy atom. The SMILES string of the molecule is O=C(NCCCN1CCOCC1)c1ccc(-c2nc3cnc(NCc4ccc(F)c(F)c4)nc3n2C[C@@H]2CCCNC2)c(I)c1. The molecular formula is C32H37F2IN8O2. The van der Waals surface area contributed by atoms with Crippen LogP contribution in [0.2, 0.25) is 0 Å². The Labute approximate surface area is 274 Å². The molecule has 0 bridgehead atoms. The number of carbonyl (C=O) groups excluding carboxylic acids is 1. The van der Waals surface area contributed by atoms with Crippen molar-refractivity contribution >= 4 is 45.6 Å². The lowest BCUT2D eigenvalue weighted by atomic mass is 9.99. The van der Waals surface area contributed by atoms with Gasteiger partial charge in [0.05, 0.1) is 19.4 Å². The van der Waals surface area contributed by atoms with Crippen LogP contribution in [0.4, 0.5) is 14.7 Å². The molecule has 1 amide bonds. The number of anilines is 1. The number of ether oxygens (including phenoxy) is 1. The van der Waals surface area contributed by atoms with Crippen molar-refractivity contribution in [1.29, 1.82) is 0 Å². The summed E-state index contributed by atoms with van der Waals surface area (Å²) in [5.41, 5.74) is 3.45. The second-order valence-electron chi connectivity index (χ2n) is 11.5. The van der Waals surface area contributed by atoms with E-state index in [1.165, 1.54) is 6.07 Å². The largest absolute Gasteiger partial charge is 0.379 e. The highest BCUT2D eigenvalue weighted by atomic mass is 127. The number of fused-ring (bicyclic) bond motifs is 1. The molecule has 4 heterocycles. The van der Waals surface area contributed by atoms with Crippen molar-refractivity contribution in [2.45, 2.75) is 32.4 Å².